The van der Waals surface area contributed by atoms with Crippen molar-refractivity contribution in [3.8, 4) is 0 Å². The Morgan fingerprint density at radius 1 is 1.44 bits per heavy atom. The van der Waals surface area contributed by atoms with E-state index in [-0.39, 0.29) is 8.83 Å². The predicted molar refractivity (Wildman–Crippen MR) is 47.9 cm³/mol. The maximum absolute atomic E-state index is 5.60. The average molecular weight is 163 g/mol. The number of allylic oxidation sites excluding steroid dienone is 2. The van der Waals surface area contributed by atoms with Crippen molar-refractivity contribution in [2.45, 2.75) is 32.2 Å². The molecule has 0 spiro atoms. The first kappa shape index (κ1) is 9.25. The van der Waals surface area contributed by atoms with Gasteiger partial charge in [0.25, 0.3) is 0 Å². The Labute approximate surface area is 64.8 Å². The van der Waals surface area contributed by atoms with Crippen molar-refractivity contribution in [1.29, 1.82) is 0 Å². The Morgan fingerprint density at radius 2 is 2.22 bits per heavy atom. The maximum Gasteiger partial charge on any atom is 0.129 e. The zero-order valence-corrected chi connectivity index (χ0v) is 8.24. The van der Waals surface area contributed by atoms with Gasteiger partial charge in [-0.1, -0.05) is 31.9 Å². The molecule has 0 saturated carbocycles. The van der Waals surface area contributed by atoms with E-state index in [1.54, 1.807) is 0 Å². The van der Waals surface area contributed by atoms with Crippen LogP contribution in [-0.4, -0.2) is 8.83 Å². The summed E-state index contributed by atoms with van der Waals surface area (Å²) in [4.78, 5) is 0. The summed E-state index contributed by atoms with van der Waals surface area (Å²) in [7, 11) is -0.235. The molecule has 0 bridgehead atoms. The van der Waals surface area contributed by atoms with E-state index in [4.69, 9.17) is 11.1 Å². The molecule has 54 valence electrons. The minimum atomic E-state index is -0.235. The normalized spacial score (nSPS) is 12.2. The molecule has 0 aromatic carbocycles. The van der Waals surface area contributed by atoms with E-state index in [1.807, 2.05) is 0 Å². The Balaban J connectivity index is 2.86. The molecule has 0 aliphatic rings. The van der Waals surface area contributed by atoms with Crippen molar-refractivity contribution in [1.82, 2.24) is 0 Å². The number of halogens is 1. The Hall–Kier alpha value is 0.247. The summed E-state index contributed by atoms with van der Waals surface area (Å²) in [5.41, 5.74) is 0. The molecule has 0 unspecified atom stereocenters. The van der Waals surface area contributed by atoms with Gasteiger partial charge in [-0.3, -0.25) is 0 Å². The Morgan fingerprint density at radius 3 is 2.78 bits per heavy atom. The van der Waals surface area contributed by atoms with Gasteiger partial charge in [-0.05, 0) is 12.5 Å². The van der Waals surface area contributed by atoms with Crippen LogP contribution in [-0.2, 0) is 0 Å². The largest absolute Gasteiger partial charge is 0.176 e. The third-order valence-electron chi connectivity index (χ3n) is 1.17. The summed E-state index contributed by atoms with van der Waals surface area (Å²) in [6.07, 6.45) is 8.32. The summed E-state index contributed by atoms with van der Waals surface area (Å²) >= 11 is 5.60. The van der Waals surface area contributed by atoms with Gasteiger partial charge in [0.2, 0.25) is 0 Å². The Kier molecular flexibility index (Phi) is 8.47. The van der Waals surface area contributed by atoms with Crippen LogP contribution < -0.4 is 0 Å². The fourth-order valence-corrected chi connectivity index (χ4v) is 1.36. The smallest absolute Gasteiger partial charge is 0.129 e. The maximum atomic E-state index is 5.60. The highest BCUT2D eigenvalue weighted by molar-refractivity contribution is 6.93. The molecule has 9 heavy (non-hydrogen) atoms. The van der Waals surface area contributed by atoms with Gasteiger partial charge in [0, 0.05) is 0 Å². The van der Waals surface area contributed by atoms with Crippen molar-refractivity contribution in [3.05, 3.63) is 12.2 Å². The van der Waals surface area contributed by atoms with Gasteiger partial charge in [-0.25, -0.2) is 0 Å². The molecule has 0 atom stereocenters. The zero-order valence-electron chi connectivity index (χ0n) is 6.07. The number of unbranched alkanes of at least 4 members (excludes halogenated alkanes) is 2. The molecule has 0 radical (unpaired) electrons. The molecule has 0 N–H and O–H groups in total. The monoisotopic (exact) mass is 162 g/mol. The summed E-state index contributed by atoms with van der Waals surface area (Å²) in [5.74, 6) is 0. The predicted octanol–water partition coefficient (Wildman–Crippen LogP) is 2.47. The van der Waals surface area contributed by atoms with Crippen molar-refractivity contribution in [2.75, 3.05) is 0 Å². The van der Waals surface area contributed by atoms with Crippen LogP contribution in [0.4, 0.5) is 0 Å². The second-order valence-corrected chi connectivity index (χ2v) is 4.18. The van der Waals surface area contributed by atoms with Crippen LogP contribution in [0.3, 0.4) is 0 Å². The highest BCUT2D eigenvalue weighted by Gasteiger charge is 1.77. The van der Waals surface area contributed by atoms with Crippen LogP contribution in [0.5, 0.6) is 0 Å². The van der Waals surface area contributed by atoms with E-state index in [0.29, 0.717) is 0 Å². The SMILES string of the molecule is CCCCC=CC[SiH2]Cl. The minimum absolute atomic E-state index is 0.235. The summed E-state index contributed by atoms with van der Waals surface area (Å²) in [6.45, 7) is 2.21. The van der Waals surface area contributed by atoms with E-state index >= 15 is 0 Å². The van der Waals surface area contributed by atoms with Gasteiger partial charge in [0.05, 0.1) is 0 Å². The summed E-state index contributed by atoms with van der Waals surface area (Å²) in [5, 5.41) is 0. The molecule has 0 amide bonds. The van der Waals surface area contributed by atoms with E-state index in [2.05, 4.69) is 19.1 Å². The van der Waals surface area contributed by atoms with Crippen LogP contribution in [0, 0.1) is 0 Å². The fourth-order valence-electron chi connectivity index (χ4n) is 0.621. The van der Waals surface area contributed by atoms with Crippen molar-refractivity contribution in [3.63, 3.8) is 0 Å². The number of hydrogen-bond acceptors (Lipinski definition) is 0. The van der Waals surface area contributed by atoms with Crippen LogP contribution in [0.15, 0.2) is 12.2 Å². The fraction of sp³-hybridized carbons (Fsp3) is 0.714. The van der Waals surface area contributed by atoms with Gasteiger partial charge >= 0.3 is 0 Å². The second-order valence-electron chi connectivity index (χ2n) is 2.09. The van der Waals surface area contributed by atoms with Gasteiger partial charge in [0.15, 0.2) is 0 Å². The molecule has 0 saturated heterocycles. The first-order valence-corrected chi connectivity index (χ1v) is 6.76. The van der Waals surface area contributed by atoms with Crippen molar-refractivity contribution >= 4 is 19.9 Å². The lowest BCUT2D eigenvalue weighted by atomic mass is 10.2. The zero-order chi connectivity index (χ0) is 6.95. The van der Waals surface area contributed by atoms with E-state index in [1.165, 1.54) is 19.3 Å². The summed E-state index contributed by atoms with van der Waals surface area (Å²) in [6, 6.07) is 1.16. The summed E-state index contributed by atoms with van der Waals surface area (Å²) < 4.78 is 0. The number of hydrogen-bond donors (Lipinski definition) is 0. The molecular weight excluding hydrogens is 148 g/mol. The standard InChI is InChI=1S/C7H15ClSi/c1-2-3-4-5-6-7-9-8/h5-6H,2-4,7,9H2,1H3. The molecule has 0 aromatic heterocycles. The van der Waals surface area contributed by atoms with Gasteiger partial charge in [-0.15, -0.1) is 0 Å². The topological polar surface area (TPSA) is 0 Å². The Bertz CT molecular complexity index is 71.3. The van der Waals surface area contributed by atoms with Crippen LogP contribution in [0.1, 0.15) is 26.2 Å². The van der Waals surface area contributed by atoms with Crippen LogP contribution in [0.2, 0.25) is 6.04 Å². The molecule has 0 fully saturated rings. The molecule has 0 aromatic rings. The van der Waals surface area contributed by atoms with E-state index < -0.39 is 0 Å². The molecule has 0 aliphatic carbocycles. The van der Waals surface area contributed by atoms with Gasteiger partial charge in [0.1, 0.15) is 8.83 Å². The molecular formula is C7H15ClSi. The molecule has 2 heteroatoms. The van der Waals surface area contributed by atoms with E-state index in [0.717, 1.165) is 6.04 Å². The quantitative estimate of drug-likeness (QED) is 0.252. The number of rotatable bonds is 5. The first-order chi connectivity index (χ1) is 4.41. The molecule has 0 heterocycles. The lowest BCUT2D eigenvalue weighted by Gasteiger charge is -1.86. The van der Waals surface area contributed by atoms with Gasteiger partial charge in [-0.2, -0.15) is 11.1 Å². The second kappa shape index (κ2) is 8.25. The van der Waals surface area contributed by atoms with E-state index in [9.17, 15) is 0 Å². The molecule has 0 aliphatic heterocycles. The molecule has 0 rings (SSSR count). The highest BCUT2D eigenvalue weighted by Crippen LogP contribution is 1.96. The van der Waals surface area contributed by atoms with Crippen molar-refractivity contribution in [2.24, 2.45) is 0 Å². The lowest BCUT2D eigenvalue weighted by molar-refractivity contribution is 0.814. The van der Waals surface area contributed by atoms with Crippen LogP contribution >= 0.6 is 11.1 Å². The third-order valence-corrected chi connectivity index (χ3v) is 2.37. The molecule has 0 nitrogen and oxygen atoms in total. The lowest BCUT2D eigenvalue weighted by Crippen LogP contribution is -1.70. The average Bonchev–Trinajstić information content (AvgIpc) is 1.89. The highest BCUT2D eigenvalue weighted by atomic mass is 35.6. The third kappa shape index (κ3) is 8.25. The minimum Gasteiger partial charge on any atom is -0.176 e. The first-order valence-electron chi connectivity index (χ1n) is 3.62. The van der Waals surface area contributed by atoms with Gasteiger partial charge < -0.3 is 0 Å². The van der Waals surface area contributed by atoms with Crippen LogP contribution in [0.25, 0.3) is 0 Å². The van der Waals surface area contributed by atoms with Crippen molar-refractivity contribution < 1.29 is 0 Å².